The number of anilines is 3. The van der Waals surface area contributed by atoms with Crippen LogP contribution < -0.4 is 4.90 Å². The minimum Gasteiger partial charge on any atom is -0.310 e. The van der Waals surface area contributed by atoms with Crippen LogP contribution in [0.3, 0.4) is 0 Å². The van der Waals surface area contributed by atoms with Crippen molar-refractivity contribution in [2.45, 2.75) is 0 Å². The molecule has 15 rings (SSSR count). The Morgan fingerprint density at radius 1 is 0.183 bits per heavy atom. The largest absolute Gasteiger partial charge is 0.310 e. The Morgan fingerprint density at radius 3 is 0.718 bits per heavy atom. The van der Waals surface area contributed by atoms with Gasteiger partial charge in [-0.2, -0.15) is 0 Å². The summed E-state index contributed by atoms with van der Waals surface area (Å²) in [5.74, 6) is 0. The third-order valence-corrected chi connectivity index (χ3v) is 14.7. The van der Waals surface area contributed by atoms with Gasteiger partial charge >= 0.3 is 0 Å². The quantitative estimate of drug-likeness (QED) is 0.156. The molecule has 0 saturated carbocycles. The summed E-state index contributed by atoms with van der Waals surface area (Å²) in [5, 5.41) is 9.89. The SMILES string of the molecule is c1ccc(N(c2ccc3c(c2)c2ccccc2n3-c2ccc(-n3c4ccccc4c4ccccc43)cc2)c2ccc3c(c2)c2ccccc2n3-c2ccc(-n3c4ccccc4c4ccccc43)cc2)cc1. The molecule has 0 aliphatic carbocycles. The molecule has 0 bridgehead atoms. The van der Waals surface area contributed by atoms with E-state index < -0.39 is 0 Å². The van der Waals surface area contributed by atoms with Crippen molar-refractivity contribution in [1.29, 1.82) is 0 Å². The molecular weight excluding hydrogens is 863 g/mol. The molecule has 332 valence electrons. The van der Waals surface area contributed by atoms with E-state index >= 15 is 0 Å². The van der Waals surface area contributed by atoms with Gasteiger partial charge in [0, 0.05) is 82.9 Å². The predicted octanol–water partition coefficient (Wildman–Crippen LogP) is 17.5. The van der Waals surface area contributed by atoms with Crippen LogP contribution in [0.25, 0.3) is 110 Å². The first-order valence-corrected chi connectivity index (χ1v) is 24.3. The van der Waals surface area contributed by atoms with Crippen LogP contribution >= 0.6 is 0 Å². The zero-order chi connectivity index (χ0) is 46.6. The monoisotopic (exact) mass is 905 g/mol. The lowest BCUT2D eigenvalue weighted by Gasteiger charge is -2.26. The Labute approximate surface area is 409 Å². The molecule has 5 nitrogen and oxygen atoms in total. The van der Waals surface area contributed by atoms with Gasteiger partial charge in [-0.05, 0) is 133 Å². The minimum atomic E-state index is 1.09. The summed E-state index contributed by atoms with van der Waals surface area (Å²) in [7, 11) is 0. The Morgan fingerprint density at radius 2 is 0.423 bits per heavy atom. The molecule has 15 aromatic rings. The van der Waals surface area contributed by atoms with E-state index in [2.05, 4.69) is 284 Å². The van der Waals surface area contributed by atoms with Crippen LogP contribution in [0.5, 0.6) is 0 Å². The highest BCUT2D eigenvalue weighted by Gasteiger charge is 2.21. The van der Waals surface area contributed by atoms with Crippen molar-refractivity contribution >= 4 is 104 Å². The number of nitrogens with zero attached hydrogens (tertiary/aromatic N) is 5. The van der Waals surface area contributed by atoms with E-state index in [-0.39, 0.29) is 0 Å². The molecule has 11 aromatic carbocycles. The Hall–Kier alpha value is -9.58. The van der Waals surface area contributed by atoms with E-state index in [1.54, 1.807) is 0 Å². The molecule has 0 fully saturated rings. The Bertz CT molecular complexity index is 4190. The number of fused-ring (bicyclic) bond motifs is 12. The first kappa shape index (κ1) is 39.4. The highest BCUT2D eigenvalue weighted by molar-refractivity contribution is 6.14. The van der Waals surface area contributed by atoms with Gasteiger partial charge < -0.3 is 23.2 Å². The molecule has 0 radical (unpaired) electrons. The van der Waals surface area contributed by atoms with Crippen molar-refractivity contribution in [2.75, 3.05) is 4.90 Å². The fraction of sp³-hybridized carbons (Fsp3) is 0. The molecule has 5 heteroatoms. The number of hydrogen-bond donors (Lipinski definition) is 0. The van der Waals surface area contributed by atoms with E-state index in [0.29, 0.717) is 0 Å². The van der Waals surface area contributed by atoms with Crippen molar-refractivity contribution in [2.24, 2.45) is 0 Å². The fourth-order valence-corrected chi connectivity index (χ4v) is 11.7. The zero-order valence-corrected chi connectivity index (χ0v) is 38.6. The summed E-state index contributed by atoms with van der Waals surface area (Å²) in [5.41, 5.74) is 17.3. The average Bonchev–Trinajstić information content (AvgIpc) is 4.16. The van der Waals surface area contributed by atoms with Crippen molar-refractivity contribution in [3.8, 4) is 22.7 Å². The lowest BCUT2D eigenvalue weighted by molar-refractivity contribution is 1.14. The summed E-state index contributed by atoms with van der Waals surface area (Å²) in [6.07, 6.45) is 0. The van der Waals surface area contributed by atoms with Crippen LogP contribution in [0.4, 0.5) is 17.1 Å². The highest BCUT2D eigenvalue weighted by atomic mass is 15.1. The van der Waals surface area contributed by atoms with Gasteiger partial charge in [0.25, 0.3) is 0 Å². The van der Waals surface area contributed by atoms with Crippen LogP contribution in [0.2, 0.25) is 0 Å². The second kappa shape index (κ2) is 15.5. The molecule has 71 heavy (non-hydrogen) atoms. The van der Waals surface area contributed by atoms with Crippen molar-refractivity contribution in [3.63, 3.8) is 0 Å². The molecule has 0 amide bonds. The van der Waals surface area contributed by atoms with Crippen molar-refractivity contribution in [3.05, 3.63) is 261 Å². The third kappa shape index (κ3) is 5.93. The van der Waals surface area contributed by atoms with Gasteiger partial charge in [0.2, 0.25) is 0 Å². The van der Waals surface area contributed by atoms with Crippen LogP contribution in [0, 0.1) is 0 Å². The maximum atomic E-state index is 2.41. The van der Waals surface area contributed by atoms with Gasteiger partial charge in [0.1, 0.15) is 0 Å². The van der Waals surface area contributed by atoms with Gasteiger partial charge in [0.15, 0.2) is 0 Å². The first-order chi connectivity index (χ1) is 35.2. The average molecular weight is 906 g/mol. The number of aromatic nitrogens is 4. The summed E-state index contributed by atoms with van der Waals surface area (Å²) < 4.78 is 9.58. The van der Waals surface area contributed by atoms with Crippen LogP contribution in [0.15, 0.2) is 261 Å². The Balaban J connectivity index is 0.844. The summed E-state index contributed by atoms with van der Waals surface area (Å²) in [6.45, 7) is 0. The van der Waals surface area contributed by atoms with Crippen LogP contribution in [-0.4, -0.2) is 18.3 Å². The van der Waals surface area contributed by atoms with Gasteiger partial charge in [-0.25, -0.2) is 0 Å². The molecule has 0 saturated heterocycles. The van der Waals surface area contributed by atoms with E-state index in [0.717, 1.165) is 50.8 Å². The van der Waals surface area contributed by atoms with Gasteiger partial charge in [-0.3, -0.25) is 0 Å². The van der Waals surface area contributed by atoms with E-state index in [1.807, 2.05) is 0 Å². The van der Waals surface area contributed by atoms with Crippen molar-refractivity contribution < 1.29 is 0 Å². The molecule has 4 aromatic heterocycles. The van der Waals surface area contributed by atoms with Crippen LogP contribution in [0.1, 0.15) is 0 Å². The molecule has 0 N–H and O–H groups in total. The van der Waals surface area contributed by atoms with Crippen LogP contribution in [-0.2, 0) is 0 Å². The maximum absolute atomic E-state index is 2.41. The Kier molecular flexibility index (Phi) is 8.59. The third-order valence-electron chi connectivity index (χ3n) is 14.7. The minimum absolute atomic E-state index is 1.09. The topological polar surface area (TPSA) is 23.0 Å². The van der Waals surface area contributed by atoms with E-state index in [4.69, 9.17) is 0 Å². The van der Waals surface area contributed by atoms with E-state index in [1.165, 1.54) is 76.2 Å². The van der Waals surface area contributed by atoms with Crippen molar-refractivity contribution in [1.82, 2.24) is 18.3 Å². The molecule has 0 aliphatic heterocycles. The molecule has 0 aliphatic rings. The van der Waals surface area contributed by atoms with E-state index in [9.17, 15) is 0 Å². The standard InChI is InChI=1S/C66H43N5/c1-2-16-44(17-3-1)67(49-38-40-65-57(42-49)55-22-8-14-28-63(55)70(65)47-34-30-45(31-35-47)68-59-24-10-4-18-51(59)52-19-5-11-25-60(52)68)50-39-41-66-58(43-50)56-23-9-15-29-64(56)71(66)48-36-32-46(33-37-48)69-61-26-12-6-20-53(61)54-21-7-13-27-62(54)69/h1-43H. The zero-order valence-electron chi connectivity index (χ0n) is 38.6. The normalized spacial score (nSPS) is 11.9. The molecule has 0 unspecified atom stereocenters. The molecule has 0 atom stereocenters. The summed E-state index contributed by atoms with van der Waals surface area (Å²) >= 11 is 0. The second-order valence-electron chi connectivity index (χ2n) is 18.6. The molecule has 0 spiro atoms. The number of para-hydroxylation sites is 7. The van der Waals surface area contributed by atoms with Gasteiger partial charge in [-0.15, -0.1) is 0 Å². The smallest absolute Gasteiger partial charge is 0.0542 e. The second-order valence-corrected chi connectivity index (χ2v) is 18.6. The van der Waals surface area contributed by atoms with Gasteiger partial charge in [0.05, 0.1) is 44.1 Å². The molecule has 4 heterocycles. The lowest BCUT2D eigenvalue weighted by atomic mass is 10.1. The predicted molar refractivity (Wildman–Crippen MR) is 298 cm³/mol. The van der Waals surface area contributed by atoms with Gasteiger partial charge in [-0.1, -0.05) is 127 Å². The maximum Gasteiger partial charge on any atom is 0.0542 e. The molecular formula is C66H43N5. The first-order valence-electron chi connectivity index (χ1n) is 24.3. The number of rotatable bonds is 7. The number of hydrogen-bond acceptors (Lipinski definition) is 1. The summed E-state index contributed by atoms with van der Waals surface area (Å²) in [4.78, 5) is 2.40. The lowest BCUT2D eigenvalue weighted by Crippen LogP contribution is -2.09. The highest BCUT2D eigenvalue weighted by Crippen LogP contribution is 2.43. The summed E-state index contributed by atoms with van der Waals surface area (Å²) in [6, 6.07) is 95.1. The fourth-order valence-electron chi connectivity index (χ4n) is 11.7. The number of benzene rings is 11.